The molecule has 1 aliphatic rings. The number of rotatable bonds is 2. The van der Waals surface area contributed by atoms with Gasteiger partial charge in [0, 0.05) is 34.3 Å². The molecule has 0 fully saturated rings. The summed E-state index contributed by atoms with van der Waals surface area (Å²) in [5, 5.41) is 3.35. The average molecular weight is 463 g/mol. The molecule has 0 atom stereocenters. The normalized spacial score (nSPS) is 12.4. The van der Waals surface area contributed by atoms with E-state index in [0.717, 1.165) is 44.7 Å². The second-order valence-electron chi connectivity index (χ2n) is 8.92. The lowest BCUT2D eigenvalue weighted by molar-refractivity contribution is 0.667. The summed E-state index contributed by atoms with van der Waals surface area (Å²) in [7, 11) is 0. The van der Waals surface area contributed by atoms with Crippen molar-refractivity contribution in [2.45, 2.75) is 0 Å². The van der Waals surface area contributed by atoms with E-state index in [4.69, 9.17) is 14.4 Å². The molecule has 4 aromatic carbocycles. The zero-order chi connectivity index (χ0) is 23.6. The van der Waals surface area contributed by atoms with Crippen LogP contribution in [0.2, 0.25) is 0 Å². The van der Waals surface area contributed by atoms with Crippen LogP contribution in [-0.2, 0) is 0 Å². The lowest BCUT2D eigenvalue weighted by Gasteiger charge is -2.31. The average Bonchev–Trinajstić information content (AvgIpc) is 3.32. The zero-order valence-electron chi connectivity index (χ0n) is 19.1. The minimum atomic E-state index is 0.599. The van der Waals surface area contributed by atoms with Crippen LogP contribution >= 0.6 is 0 Å². The Morgan fingerprint density at radius 1 is 0.667 bits per heavy atom. The predicted octanol–water partition coefficient (Wildman–Crippen LogP) is 8.04. The first-order chi connectivity index (χ1) is 17.9. The van der Waals surface area contributed by atoms with Crippen molar-refractivity contribution < 1.29 is 4.42 Å². The van der Waals surface area contributed by atoms with E-state index < -0.39 is 0 Å². The van der Waals surface area contributed by atoms with E-state index in [1.54, 1.807) is 6.20 Å². The van der Waals surface area contributed by atoms with Crippen molar-refractivity contribution >= 4 is 50.2 Å². The van der Waals surface area contributed by atoms with E-state index in [2.05, 4.69) is 70.5 Å². The third-order valence-electron chi connectivity index (χ3n) is 6.90. The monoisotopic (exact) mass is 462 g/mol. The van der Waals surface area contributed by atoms with Crippen molar-refractivity contribution in [3.05, 3.63) is 109 Å². The molecule has 0 unspecified atom stereocenters. The van der Waals surface area contributed by atoms with Crippen LogP contribution in [-0.4, -0.2) is 15.0 Å². The van der Waals surface area contributed by atoms with E-state index in [-0.39, 0.29) is 0 Å². The molecule has 4 heterocycles. The molecule has 0 spiro atoms. The van der Waals surface area contributed by atoms with Crippen molar-refractivity contribution in [1.29, 1.82) is 0 Å². The summed E-state index contributed by atoms with van der Waals surface area (Å²) in [4.78, 5) is 16.8. The lowest BCUT2D eigenvalue weighted by atomic mass is 9.91. The quantitative estimate of drug-likeness (QED) is 0.260. The fourth-order valence-corrected chi connectivity index (χ4v) is 5.35. The highest BCUT2D eigenvalue weighted by Crippen LogP contribution is 2.50. The minimum absolute atomic E-state index is 0.599. The topological polar surface area (TPSA) is 55.1 Å². The first-order valence-corrected chi connectivity index (χ1v) is 11.9. The Morgan fingerprint density at radius 2 is 1.47 bits per heavy atom. The fourth-order valence-electron chi connectivity index (χ4n) is 5.35. The van der Waals surface area contributed by atoms with Gasteiger partial charge in [-0.3, -0.25) is 9.88 Å². The molecule has 36 heavy (non-hydrogen) atoms. The Hall–Kier alpha value is -5.03. The van der Waals surface area contributed by atoms with Crippen molar-refractivity contribution in [3.63, 3.8) is 0 Å². The zero-order valence-corrected chi connectivity index (χ0v) is 19.1. The second kappa shape index (κ2) is 7.23. The van der Waals surface area contributed by atoms with E-state index in [0.29, 0.717) is 11.5 Å². The maximum Gasteiger partial charge on any atom is 0.236 e. The number of nitrogens with zero attached hydrogens (tertiary/aromatic N) is 4. The highest BCUT2D eigenvalue weighted by atomic mass is 16.3. The van der Waals surface area contributed by atoms with Gasteiger partial charge >= 0.3 is 0 Å². The second-order valence-corrected chi connectivity index (χ2v) is 8.92. The first kappa shape index (κ1) is 19.3. The predicted molar refractivity (Wildman–Crippen MR) is 144 cm³/mol. The summed E-state index contributed by atoms with van der Waals surface area (Å²) >= 11 is 0. The first-order valence-electron chi connectivity index (χ1n) is 11.9. The smallest absolute Gasteiger partial charge is 0.236 e. The van der Waals surface area contributed by atoms with Gasteiger partial charge in [0.25, 0.3) is 0 Å². The maximum atomic E-state index is 6.29. The molecule has 1 aliphatic heterocycles. The van der Waals surface area contributed by atoms with E-state index in [9.17, 15) is 0 Å². The Balaban J connectivity index is 1.51. The van der Waals surface area contributed by atoms with Gasteiger partial charge in [-0.2, -0.15) is 0 Å². The van der Waals surface area contributed by atoms with Crippen molar-refractivity contribution in [2.75, 3.05) is 4.90 Å². The Kier molecular flexibility index (Phi) is 3.88. The van der Waals surface area contributed by atoms with Crippen molar-refractivity contribution in [1.82, 2.24) is 15.0 Å². The molecular weight excluding hydrogens is 444 g/mol. The largest absolute Gasteiger partial charge is 0.452 e. The summed E-state index contributed by atoms with van der Waals surface area (Å²) in [6.07, 6.45) is 3.58. The third-order valence-corrected chi connectivity index (χ3v) is 6.90. The molecule has 0 N–H and O–H groups in total. The minimum Gasteiger partial charge on any atom is -0.452 e. The number of para-hydroxylation sites is 2. The molecule has 5 nitrogen and oxygen atoms in total. The van der Waals surface area contributed by atoms with Crippen LogP contribution in [0.1, 0.15) is 0 Å². The highest BCUT2D eigenvalue weighted by molar-refractivity contribution is 6.14. The van der Waals surface area contributed by atoms with Gasteiger partial charge in [0.2, 0.25) is 5.95 Å². The summed E-state index contributed by atoms with van der Waals surface area (Å²) in [5.41, 5.74) is 8.34. The van der Waals surface area contributed by atoms with E-state index in [1.165, 1.54) is 16.3 Å². The van der Waals surface area contributed by atoms with E-state index >= 15 is 0 Å². The Bertz CT molecular complexity index is 1950. The molecule has 0 aliphatic carbocycles. The van der Waals surface area contributed by atoms with Gasteiger partial charge in [0.1, 0.15) is 16.8 Å². The van der Waals surface area contributed by atoms with Crippen LogP contribution in [0.3, 0.4) is 0 Å². The van der Waals surface area contributed by atoms with Crippen LogP contribution in [0.5, 0.6) is 0 Å². The molecule has 5 heteroatoms. The number of hydrogen-bond donors (Lipinski definition) is 0. The number of anilines is 3. The van der Waals surface area contributed by atoms with Gasteiger partial charge in [-0.1, -0.05) is 60.7 Å². The molecule has 7 aromatic rings. The van der Waals surface area contributed by atoms with E-state index in [1.807, 2.05) is 42.6 Å². The third kappa shape index (κ3) is 2.62. The standard InChI is InChI=1S/C31H18N4O/c1-3-14-24-21(11-1)22-13-5-8-19-9-6-15-25(27(19)22)35(24)31-33-28(20-10-7-17-32-18-20)30-29(34-31)23-12-2-4-16-26(23)36-30/h1-18H. The molecule has 0 saturated carbocycles. The highest BCUT2D eigenvalue weighted by Gasteiger charge is 2.29. The van der Waals surface area contributed by atoms with Crippen LogP contribution in [0, 0.1) is 0 Å². The number of aromatic nitrogens is 3. The van der Waals surface area contributed by atoms with Gasteiger partial charge in [-0.05, 0) is 47.3 Å². The Morgan fingerprint density at radius 3 is 2.39 bits per heavy atom. The number of benzene rings is 4. The molecule has 3 aromatic heterocycles. The summed E-state index contributed by atoms with van der Waals surface area (Å²) in [6.45, 7) is 0. The molecule has 0 amide bonds. The molecular formula is C31H18N4O. The fraction of sp³-hybridized carbons (Fsp3) is 0. The molecule has 0 bridgehead atoms. The lowest BCUT2D eigenvalue weighted by Crippen LogP contribution is -2.17. The van der Waals surface area contributed by atoms with Crippen LogP contribution in [0.25, 0.3) is 55.2 Å². The molecule has 168 valence electrons. The number of furan rings is 1. The van der Waals surface area contributed by atoms with Gasteiger partial charge in [0.05, 0.1) is 11.4 Å². The van der Waals surface area contributed by atoms with Gasteiger partial charge in [0.15, 0.2) is 5.58 Å². The van der Waals surface area contributed by atoms with Crippen molar-refractivity contribution in [2.24, 2.45) is 0 Å². The van der Waals surface area contributed by atoms with Gasteiger partial charge < -0.3 is 4.42 Å². The molecule has 0 radical (unpaired) electrons. The van der Waals surface area contributed by atoms with Crippen LogP contribution in [0.15, 0.2) is 114 Å². The maximum absolute atomic E-state index is 6.29. The SMILES string of the molecule is c1cncc(-c2nc(N3c4ccccc4-c4cccc5cccc3c45)nc3c2oc2ccccc23)c1. The molecule has 8 rings (SSSR count). The van der Waals surface area contributed by atoms with Crippen LogP contribution in [0.4, 0.5) is 17.3 Å². The number of hydrogen-bond acceptors (Lipinski definition) is 5. The van der Waals surface area contributed by atoms with Gasteiger partial charge in [-0.25, -0.2) is 9.97 Å². The summed E-state index contributed by atoms with van der Waals surface area (Å²) < 4.78 is 6.29. The van der Waals surface area contributed by atoms with Crippen molar-refractivity contribution in [3.8, 4) is 22.4 Å². The van der Waals surface area contributed by atoms with Crippen LogP contribution < -0.4 is 4.90 Å². The molecule has 0 saturated heterocycles. The Labute approximate surface area is 206 Å². The summed E-state index contributed by atoms with van der Waals surface area (Å²) in [6, 6.07) is 33.2. The number of pyridine rings is 1. The summed E-state index contributed by atoms with van der Waals surface area (Å²) in [5.74, 6) is 0.599. The number of fused-ring (bicyclic) bond motifs is 5. The van der Waals surface area contributed by atoms with Gasteiger partial charge in [-0.15, -0.1) is 0 Å².